The fraction of sp³-hybridized carbons (Fsp3) is 0.462. The van der Waals surface area contributed by atoms with Crippen molar-refractivity contribution in [2.75, 3.05) is 13.1 Å². The standard InChI is InChI=1S/C13H16ClNO4/c1-8(19-10-4-2-3-9(14)5-10)13(18)15-6-11(16)12(17)7-15/h2-5,8,11-12,16-17H,6-7H2,1H3. The first-order valence-corrected chi connectivity index (χ1v) is 6.42. The molecule has 1 aliphatic heterocycles. The minimum atomic E-state index is -0.887. The largest absolute Gasteiger partial charge is 0.481 e. The van der Waals surface area contributed by atoms with Crippen LogP contribution in [0.2, 0.25) is 5.02 Å². The van der Waals surface area contributed by atoms with Gasteiger partial charge in [0, 0.05) is 18.1 Å². The second kappa shape index (κ2) is 5.77. The molecule has 2 rings (SSSR count). The zero-order valence-electron chi connectivity index (χ0n) is 10.5. The molecule has 19 heavy (non-hydrogen) atoms. The predicted molar refractivity (Wildman–Crippen MR) is 70.1 cm³/mol. The van der Waals surface area contributed by atoms with E-state index in [4.69, 9.17) is 16.3 Å². The zero-order valence-corrected chi connectivity index (χ0v) is 11.2. The van der Waals surface area contributed by atoms with Gasteiger partial charge in [-0.3, -0.25) is 4.79 Å². The molecule has 104 valence electrons. The van der Waals surface area contributed by atoms with Crippen LogP contribution in [-0.2, 0) is 4.79 Å². The van der Waals surface area contributed by atoms with E-state index in [9.17, 15) is 15.0 Å². The number of aliphatic hydroxyl groups excluding tert-OH is 2. The number of amides is 1. The van der Waals surface area contributed by atoms with E-state index < -0.39 is 18.3 Å². The van der Waals surface area contributed by atoms with E-state index in [0.29, 0.717) is 10.8 Å². The highest BCUT2D eigenvalue weighted by molar-refractivity contribution is 6.30. The summed E-state index contributed by atoms with van der Waals surface area (Å²) in [6.07, 6.45) is -2.47. The summed E-state index contributed by atoms with van der Waals surface area (Å²) >= 11 is 5.83. The molecule has 0 aliphatic carbocycles. The van der Waals surface area contributed by atoms with E-state index in [-0.39, 0.29) is 19.0 Å². The predicted octanol–water partition coefficient (Wildman–Crippen LogP) is 0.671. The number of carbonyl (C=O) groups excluding carboxylic acids is 1. The van der Waals surface area contributed by atoms with Gasteiger partial charge in [-0.05, 0) is 25.1 Å². The van der Waals surface area contributed by atoms with Gasteiger partial charge in [-0.25, -0.2) is 0 Å². The maximum absolute atomic E-state index is 12.1. The van der Waals surface area contributed by atoms with Gasteiger partial charge in [-0.15, -0.1) is 0 Å². The molecular formula is C13H16ClNO4. The smallest absolute Gasteiger partial charge is 0.263 e. The van der Waals surface area contributed by atoms with Gasteiger partial charge in [0.1, 0.15) is 5.75 Å². The van der Waals surface area contributed by atoms with Gasteiger partial charge < -0.3 is 19.8 Å². The first kappa shape index (κ1) is 14.1. The first-order valence-electron chi connectivity index (χ1n) is 6.04. The molecule has 1 aromatic rings. The molecule has 0 aromatic heterocycles. The van der Waals surface area contributed by atoms with E-state index in [0.717, 1.165) is 0 Å². The summed E-state index contributed by atoms with van der Waals surface area (Å²) in [6.45, 7) is 1.88. The number of ether oxygens (including phenoxy) is 1. The maximum Gasteiger partial charge on any atom is 0.263 e. The van der Waals surface area contributed by atoms with Gasteiger partial charge in [0.15, 0.2) is 6.10 Å². The van der Waals surface area contributed by atoms with Crippen LogP contribution in [0.1, 0.15) is 6.92 Å². The average Bonchev–Trinajstić information content (AvgIpc) is 2.68. The summed E-state index contributed by atoms with van der Waals surface area (Å²) in [5.41, 5.74) is 0. The van der Waals surface area contributed by atoms with Crippen molar-refractivity contribution in [3.63, 3.8) is 0 Å². The summed E-state index contributed by atoms with van der Waals surface area (Å²) in [4.78, 5) is 13.5. The van der Waals surface area contributed by atoms with Gasteiger partial charge in [0.2, 0.25) is 0 Å². The molecule has 0 saturated carbocycles. The number of aliphatic hydroxyl groups is 2. The first-order chi connectivity index (χ1) is 8.97. The number of hydrogen-bond acceptors (Lipinski definition) is 4. The van der Waals surface area contributed by atoms with Crippen LogP contribution in [0.15, 0.2) is 24.3 Å². The second-order valence-corrected chi connectivity index (χ2v) is 5.03. The van der Waals surface area contributed by atoms with E-state index in [1.54, 1.807) is 31.2 Å². The Bertz CT molecular complexity index is 458. The van der Waals surface area contributed by atoms with E-state index in [1.807, 2.05) is 0 Å². The van der Waals surface area contributed by atoms with E-state index >= 15 is 0 Å². The molecule has 6 heteroatoms. The Labute approximate surface area is 116 Å². The highest BCUT2D eigenvalue weighted by Gasteiger charge is 2.34. The fourth-order valence-corrected chi connectivity index (χ4v) is 2.18. The van der Waals surface area contributed by atoms with Crippen molar-refractivity contribution in [2.45, 2.75) is 25.2 Å². The molecule has 1 aliphatic rings. The summed E-state index contributed by atoms with van der Waals surface area (Å²) < 4.78 is 5.50. The Morgan fingerprint density at radius 3 is 2.63 bits per heavy atom. The molecular weight excluding hydrogens is 270 g/mol. The zero-order chi connectivity index (χ0) is 14.0. The summed E-state index contributed by atoms with van der Waals surface area (Å²) in [5, 5.41) is 19.4. The second-order valence-electron chi connectivity index (χ2n) is 4.60. The number of rotatable bonds is 3. The van der Waals surface area contributed by atoms with Gasteiger partial charge >= 0.3 is 0 Å². The Balaban J connectivity index is 1.96. The molecule has 0 spiro atoms. The van der Waals surface area contributed by atoms with E-state index in [2.05, 4.69) is 0 Å². The van der Waals surface area contributed by atoms with Crippen LogP contribution in [0.5, 0.6) is 5.75 Å². The Morgan fingerprint density at radius 2 is 2.05 bits per heavy atom. The highest BCUT2D eigenvalue weighted by Crippen LogP contribution is 2.19. The molecule has 3 atom stereocenters. The summed E-state index contributed by atoms with van der Waals surface area (Å²) in [6, 6.07) is 6.79. The number of benzene rings is 1. The van der Waals surface area contributed by atoms with Gasteiger partial charge in [0.05, 0.1) is 12.2 Å². The van der Waals surface area contributed by atoms with Crippen LogP contribution >= 0.6 is 11.6 Å². The molecule has 0 bridgehead atoms. The quantitative estimate of drug-likeness (QED) is 0.856. The lowest BCUT2D eigenvalue weighted by molar-refractivity contribution is -0.137. The molecule has 3 unspecified atom stereocenters. The van der Waals surface area contributed by atoms with Gasteiger partial charge in [-0.2, -0.15) is 0 Å². The minimum absolute atomic E-state index is 0.128. The molecule has 1 fully saturated rings. The van der Waals surface area contributed by atoms with Crippen molar-refractivity contribution in [1.82, 2.24) is 4.90 Å². The van der Waals surface area contributed by atoms with Crippen LogP contribution in [0.25, 0.3) is 0 Å². The normalized spacial score (nSPS) is 24.3. The van der Waals surface area contributed by atoms with Crippen LogP contribution < -0.4 is 4.74 Å². The maximum atomic E-state index is 12.1. The Morgan fingerprint density at radius 1 is 1.42 bits per heavy atom. The molecule has 5 nitrogen and oxygen atoms in total. The SMILES string of the molecule is CC(Oc1cccc(Cl)c1)C(=O)N1CC(O)C(O)C1. The number of β-amino-alcohol motifs (C(OH)–C–C–N with tert-alkyl or cyclic N) is 2. The average molecular weight is 286 g/mol. The molecule has 1 saturated heterocycles. The molecule has 2 N–H and O–H groups in total. The topological polar surface area (TPSA) is 70.0 Å². The van der Waals surface area contributed by atoms with Crippen molar-refractivity contribution in [1.29, 1.82) is 0 Å². The third kappa shape index (κ3) is 3.37. The number of carbonyl (C=O) groups is 1. The number of halogens is 1. The minimum Gasteiger partial charge on any atom is -0.481 e. The molecule has 1 amide bonds. The lowest BCUT2D eigenvalue weighted by Crippen LogP contribution is -2.39. The molecule has 1 aromatic carbocycles. The van der Waals surface area contributed by atoms with Crippen molar-refractivity contribution < 1.29 is 19.7 Å². The molecule has 0 radical (unpaired) electrons. The van der Waals surface area contributed by atoms with Crippen molar-refractivity contribution in [3.8, 4) is 5.75 Å². The van der Waals surface area contributed by atoms with Crippen molar-refractivity contribution in [3.05, 3.63) is 29.3 Å². The summed E-state index contributed by atoms with van der Waals surface area (Å²) in [5.74, 6) is 0.240. The van der Waals surface area contributed by atoms with Crippen molar-refractivity contribution in [2.24, 2.45) is 0 Å². The van der Waals surface area contributed by atoms with Crippen LogP contribution in [0.3, 0.4) is 0 Å². The fourth-order valence-electron chi connectivity index (χ4n) is 2.00. The monoisotopic (exact) mass is 285 g/mol. The van der Waals surface area contributed by atoms with Gasteiger partial charge in [-0.1, -0.05) is 17.7 Å². The van der Waals surface area contributed by atoms with E-state index in [1.165, 1.54) is 4.90 Å². The Kier molecular flexibility index (Phi) is 4.29. The lowest BCUT2D eigenvalue weighted by atomic mass is 10.3. The molecule has 1 heterocycles. The summed E-state index contributed by atoms with van der Waals surface area (Å²) in [7, 11) is 0. The number of nitrogens with zero attached hydrogens (tertiary/aromatic N) is 1. The van der Waals surface area contributed by atoms with Crippen molar-refractivity contribution >= 4 is 17.5 Å². The van der Waals surface area contributed by atoms with Crippen LogP contribution in [0, 0.1) is 0 Å². The third-order valence-electron chi connectivity index (χ3n) is 3.03. The highest BCUT2D eigenvalue weighted by atomic mass is 35.5. The third-order valence-corrected chi connectivity index (χ3v) is 3.26. The Hall–Kier alpha value is -1.30. The number of likely N-dealkylation sites (tertiary alicyclic amines) is 1. The number of hydrogen-bond donors (Lipinski definition) is 2. The lowest BCUT2D eigenvalue weighted by Gasteiger charge is -2.21. The van der Waals surface area contributed by atoms with Gasteiger partial charge in [0.25, 0.3) is 5.91 Å². The van der Waals surface area contributed by atoms with Crippen LogP contribution in [-0.4, -0.2) is 52.4 Å². The van der Waals surface area contributed by atoms with Crippen LogP contribution in [0.4, 0.5) is 0 Å².